The predicted molar refractivity (Wildman–Crippen MR) is 218 cm³/mol. The van der Waals surface area contributed by atoms with Crippen LogP contribution in [-0.2, 0) is 12.8 Å². The van der Waals surface area contributed by atoms with Crippen molar-refractivity contribution in [3.8, 4) is 22.3 Å². The summed E-state index contributed by atoms with van der Waals surface area (Å²) in [6.45, 7) is 0. The van der Waals surface area contributed by atoms with Crippen molar-refractivity contribution in [2.75, 3.05) is 9.80 Å². The van der Waals surface area contributed by atoms with Crippen LogP contribution in [0.1, 0.15) is 22.3 Å². The van der Waals surface area contributed by atoms with E-state index in [2.05, 4.69) is 168 Å². The van der Waals surface area contributed by atoms with Gasteiger partial charge in [-0.25, -0.2) is 0 Å². The van der Waals surface area contributed by atoms with Crippen LogP contribution in [0.15, 0.2) is 177 Å². The van der Waals surface area contributed by atoms with E-state index in [1.807, 2.05) is 23.5 Å². The monoisotopic (exact) mass is 698 g/mol. The molecule has 8 aromatic carbocycles. The largest absolute Gasteiger partial charge is 0.310 e. The third-order valence-corrected chi connectivity index (χ3v) is 13.5. The molecule has 52 heavy (non-hydrogen) atoms. The lowest BCUT2D eigenvalue weighted by Gasteiger charge is -2.34. The first-order chi connectivity index (χ1) is 25.8. The van der Waals surface area contributed by atoms with Crippen molar-refractivity contribution < 1.29 is 0 Å². The number of fused-ring (bicyclic) bond motifs is 8. The highest BCUT2D eigenvalue weighted by Crippen LogP contribution is 2.57. The van der Waals surface area contributed by atoms with E-state index in [4.69, 9.17) is 0 Å². The Morgan fingerprint density at radius 3 is 1.06 bits per heavy atom. The molecule has 0 unspecified atom stereocenters. The molecule has 244 valence electrons. The summed E-state index contributed by atoms with van der Waals surface area (Å²) >= 11 is 3.83. The van der Waals surface area contributed by atoms with Crippen LogP contribution in [0.2, 0.25) is 0 Å². The number of nitrogens with zero attached hydrogens (tertiary/aromatic N) is 2. The molecule has 0 saturated heterocycles. The van der Waals surface area contributed by atoms with Gasteiger partial charge < -0.3 is 9.80 Å². The normalized spacial score (nSPS) is 14.2. The van der Waals surface area contributed by atoms with E-state index in [0.29, 0.717) is 0 Å². The van der Waals surface area contributed by atoms with Gasteiger partial charge in [-0.15, -0.1) is 0 Å². The van der Waals surface area contributed by atoms with Gasteiger partial charge in [0.1, 0.15) is 0 Å². The van der Waals surface area contributed by atoms with Crippen molar-refractivity contribution in [2.24, 2.45) is 0 Å². The second-order valence-electron chi connectivity index (χ2n) is 14.1. The SMILES string of the molecule is c1ccc2c(c1)Cc1ccccc1N2c1ccc2c(c1)Sc1ccc3c4c(ccc-2c14)-c1ccc(N2c4ccccc4Cc4ccccc42)cc1S3. The molecule has 0 fully saturated rings. The van der Waals surface area contributed by atoms with Crippen LogP contribution in [0.4, 0.5) is 34.1 Å². The summed E-state index contributed by atoms with van der Waals surface area (Å²) in [5.74, 6) is 0. The van der Waals surface area contributed by atoms with Crippen LogP contribution >= 0.6 is 23.5 Å². The van der Waals surface area contributed by atoms with E-state index in [-0.39, 0.29) is 0 Å². The zero-order valence-electron chi connectivity index (χ0n) is 28.1. The fourth-order valence-corrected chi connectivity index (χ4v) is 11.3. The van der Waals surface area contributed by atoms with E-state index in [0.717, 1.165) is 12.8 Å². The Hall–Kier alpha value is -5.68. The second kappa shape index (κ2) is 10.9. The Morgan fingerprint density at radius 2 is 0.673 bits per heavy atom. The number of benzene rings is 8. The van der Waals surface area contributed by atoms with Gasteiger partial charge in [-0.3, -0.25) is 0 Å². The summed E-state index contributed by atoms with van der Waals surface area (Å²) in [6.07, 6.45) is 1.93. The first kappa shape index (κ1) is 29.0. The van der Waals surface area contributed by atoms with Crippen molar-refractivity contribution in [1.29, 1.82) is 0 Å². The highest BCUT2D eigenvalue weighted by Gasteiger charge is 2.30. The molecule has 0 aliphatic carbocycles. The lowest BCUT2D eigenvalue weighted by molar-refractivity contribution is 1.08. The lowest BCUT2D eigenvalue weighted by atomic mass is 9.90. The van der Waals surface area contributed by atoms with Gasteiger partial charge in [0.2, 0.25) is 0 Å². The van der Waals surface area contributed by atoms with Crippen molar-refractivity contribution in [3.63, 3.8) is 0 Å². The first-order valence-electron chi connectivity index (χ1n) is 17.9. The van der Waals surface area contributed by atoms with Gasteiger partial charge in [-0.05, 0) is 105 Å². The van der Waals surface area contributed by atoms with Gasteiger partial charge in [0.05, 0.1) is 0 Å². The van der Waals surface area contributed by atoms with Gasteiger partial charge in [-0.2, -0.15) is 0 Å². The molecule has 2 nitrogen and oxygen atoms in total. The van der Waals surface area contributed by atoms with Crippen molar-refractivity contribution in [1.82, 2.24) is 0 Å². The minimum absolute atomic E-state index is 0.963. The Balaban J connectivity index is 0.968. The van der Waals surface area contributed by atoms with Gasteiger partial charge in [-0.1, -0.05) is 121 Å². The second-order valence-corrected chi connectivity index (χ2v) is 16.2. The molecule has 0 spiro atoms. The molecule has 0 radical (unpaired) electrons. The molecule has 0 aromatic heterocycles. The molecule has 4 heteroatoms. The average molecular weight is 699 g/mol. The topological polar surface area (TPSA) is 6.48 Å². The Kier molecular flexibility index (Phi) is 6.08. The van der Waals surface area contributed by atoms with Crippen molar-refractivity contribution in [3.05, 3.63) is 180 Å². The molecule has 0 bridgehead atoms. The molecule has 4 aliphatic rings. The van der Waals surface area contributed by atoms with Crippen molar-refractivity contribution >= 4 is 68.4 Å². The fraction of sp³-hybridized carbons (Fsp3) is 0.0417. The van der Waals surface area contributed by atoms with Crippen LogP contribution in [0.3, 0.4) is 0 Å². The smallest absolute Gasteiger partial charge is 0.0497 e. The molecule has 0 amide bonds. The number of rotatable bonds is 2. The third kappa shape index (κ3) is 4.11. The van der Waals surface area contributed by atoms with Crippen LogP contribution in [0, 0.1) is 0 Å². The van der Waals surface area contributed by atoms with Crippen LogP contribution in [0.5, 0.6) is 0 Å². The summed E-state index contributed by atoms with van der Waals surface area (Å²) in [7, 11) is 0. The predicted octanol–water partition coefficient (Wildman–Crippen LogP) is 13.9. The van der Waals surface area contributed by atoms with E-state index in [1.165, 1.54) is 109 Å². The summed E-state index contributed by atoms with van der Waals surface area (Å²) in [5, 5.41) is 2.77. The summed E-state index contributed by atoms with van der Waals surface area (Å²) < 4.78 is 0. The number of para-hydroxylation sites is 4. The van der Waals surface area contributed by atoms with Gasteiger partial charge in [0.25, 0.3) is 0 Å². The molecule has 4 heterocycles. The first-order valence-corrected chi connectivity index (χ1v) is 19.6. The van der Waals surface area contributed by atoms with E-state index in [9.17, 15) is 0 Å². The van der Waals surface area contributed by atoms with Crippen LogP contribution in [-0.4, -0.2) is 0 Å². The average Bonchev–Trinajstić information content (AvgIpc) is 3.20. The molecular formula is C48H30N2S2. The number of hydrogen-bond donors (Lipinski definition) is 0. The fourth-order valence-electron chi connectivity index (χ4n) is 8.94. The standard InChI is InChI=1S/C48H30N2S2/c1-5-13-39-29(9-1)25-30-10-2-6-14-40(30)49(39)33-17-19-35-37-21-22-38-36-20-18-34(50-41-15-7-3-11-31(41)26-32-12-4-8-16-42(32)50)28-46(36)52-44-24-23-43(47(37)48(38)44)51-45(35)27-33/h1-24,27-28H,25-26H2. The van der Waals surface area contributed by atoms with Gasteiger partial charge >= 0.3 is 0 Å². The maximum absolute atomic E-state index is 2.45. The lowest BCUT2D eigenvalue weighted by Crippen LogP contribution is -2.18. The molecule has 8 aromatic rings. The third-order valence-electron chi connectivity index (χ3n) is 11.2. The zero-order valence-corrected chi connectivity index (χ0v) is 29.8. The van der Waals surface area contributed by atoms with E-state index >= 15 is 0 Å². The highest BCUT2D eigenvalue weighted by atomic mass is 32.2. The van der Waals surface area contributed by atoms with Crippen LogP contribution in [0.25, 0.3) is 33.0 Å². The molecule has 0 N–H and O–H groups in total. The molecule has 4 aliphatic heterocycles. The Bertz CT molecular complexity index is 2550. The maximum Gasteiger partial charge on any atom is 0.0497 e. The minimum Gasteiger partial charge on any atom is -0.310 e. The number of hydrogen-bond acceptors (Lipinski definition) is 4. The number of anilines is 6. The minimum atomic E-state index is 0.963. The molecule has 0 atom stereocenters. The molecular weight excluding hydrogens is 669 g/mol. The highest BCUT2D eigenvalue weighted by molar-refractivity contribution is 8.00. The quantitative estimate of drug-likeness (QED) is 0.177. The Morgan fingerprint density at radius 1 is 0.327 bits per heavy atom. The van der Waals surface area contributed by atoms with Crippen molar-refractivity contribution in [2.45, 2.75) is 32.4 Å². The van der Waals surface area contributed by atoms with Gasteiger partial charge in [0.15, 0.2) is 0 Å². The maximum atomic E-state index is 2.45. The van der Waals surface area contributed by atoms with E-state index < -0.39 is 0 Å². The molecule has 12 rings (SSSR count). The van der Waals surface area contributed by atoms with Crippen LogP contribution < -0.4 is 9.80 Å². The summed E-state index contributed by atoms with van der Waals surface area (Å²) in [4.78, 5) is 10.2. The molecule has 0 saturated carbocycles. The van der Waals surface area contributed by atoms with E-state index in [1.54, 1.807) is 0 Å². The Labute approximate surface area is 311 Å². The summed E-state index contributed by atoms with van der Waals surface area (Å²) in [6, 6.07) is 59.0. The van der Waals surface area contributed by atoms with Gasteiger partial charge in [0, 0.05) is 77.3 Å². The zero-order chi connectivity index (χ0) is 33.9. The summed E-state index contributed by atoms with van der Waals surface area (Å²) in [5.41, 5.74) is 18.3.